The highest BCUT2D eigenvalue weighted by atomic mass is 79.9. The largest absolute Gasteiger partial charge is 0.496 e. The Balaban J connectivity index is 0.000000174. The molecule has 0 aromatic carbocycles. The van der Waals surface area contributed by atoms with Crippen LogP contribution < -0.4 is 90.6 Å². The number of nitrogen functional groups attached to an aromatic ring is 4. The number of pyridine rings is 4. The number of amides is 4. The molecule has 0 aliphatic carbocycles. The molecule has 4 amide bonds. The van der Waals surface area contributed by atoms with Gasteiger partial charge >= 0.3 is 0 Å². The average molecular weight is 1630 g/mol. The maximum Gasteiger partial charge on any atom is 0.246 e. The topological polar surface area (TPSA) is 408 Å². The number of carbonyl (C=O) groups excluding carboxylic acids is 4. The van der Waals surface area contributed by atoms with Crippen LogP contribution in [0, 0.1) is 86.0 Å². The van der Waals surface area contributed by atoms with Crippen molar-refractivity contribution in [1.82, 2.24) is 59.8 Å². The smallest absolute Gasteiger partial charge is 0.246 e. The van der Waals surface area contributed by atoms with E-state index < -0.39 is 0 Å². The highest BCUT2D eigenvalue weighted by Crippen LogP contribution is 2.45. The van der Waals surface area contributed by atoms with Crippen LogP contribution in [0.4, 0.5) is 69.8 Å². The molecule has 8 N–H and O–H groups in total. The summed E-state index contributed by atoms with van der Waals surface area (Å²) in [6.07, 6.45) is 7.11. The van der Waals surface area contributed by atoms with Crippen LogP contribution >= 0.6 is 15.9 Å². The van der Waals surface area contributed by atoms with E-state index in [1.165, 1.54) is 14.2 Å². The standard InChI is InChI=1S/2C20H28N6O3.C20H28N6O2.C19H25BrN6O2/c2*1-11(2)8-26-15(27)10-25(18-16(26)19(29-6)24-20(21)23-18)9-14-13(4)17(28-5)12(3)7-22-14;1-11(2)8-26-16(27)10-25(19-17(26)14(5)23-20(21)24-19)9-15-13(4)18(28-6)12(3)7-22-15;1-10(2)7-26-14(27)9-25(18-15(26)17(20)23-19(21)24-18)8-13-12(4)16(28-5)11(3)6-22-13/h2*7,11H,8-10H2,1-6H3,(H2,21,23,24);7,11H,8-10H2,1-6H3,(H2,21,23,24);6,10H,7-9H2,1-5H3,(H2,21,23,24). The summed E-state index contributed by atoms with van der Waals surface area (Å²) in [5.74, 6) is 7.84. The zero-order chi connectivity index (χ0) is 83.8. The van der Waals surface area contributed by atoms with Gasteiger partial charge < -0.3 is 90.6 Å². The Morgan fingerprint density at radius 2 is 0.579 bits per heavy atom. The molecule has 4 aliphatic heterocycles. The van der Waals surface area contributed by atoms with E-state index >= 15 is 0 Å². The summed E-state index contributed by atoms with van der Waals surface area (Å²) in [6, 6.07) is 0. The first-order chi connectivity index (χ1) is 54.0. The number of nitrogens with two attached hydrogens (primary N) is 4. The van der Waals surface area contributed by atoms with E-state index in [-0.39, 0.29) is 97.2 Å². The number of hydrogen-bond acceptors (Lipinski definition) is 30. The van der Waals surface area contributed by atoms with Crippen LogP contribution in [-0.4, -0.2) is 178 Å². The number of hydrogen-bond donors (Lipinski definition) is 4. The minimum Gasteiger partial charge on any atom is -0.496 e. The van der Waals surface area contributed by atoms with Gasteiger partial charge in [0.05, 0.1) is 123 Å². The third-order valence-corrected chi connectivity index (χ3v) is 19.9. The van der Waals surface area contributed by atoms with Gasteiger partial charge in [0.15, 0.2) is 23.3 Å². The lowest BCUT2D eigenvalue weighted by molar-refractivity contribution is -0.118. The molecule has 0 saturated carbocycles. The number of carbonyl (C=O) groups is 4. The molecule has 0 radical (unpaired) electrons. The number of fused-ring (bicyclic) bond motifs is 4. The summed E-state index contributed by atoms with van der Waals surface area (Å²) in [5, 5.41) is 0. The molecule has 12 rings (SSSR count). The van der Waals surface area contributed by atoms with E-state index in [4.69, 9.17) is 51.4 Å². The molecule has 0 atom stereocenters. The molecule has 0 unspecified atom stereocenters. The number of nitrogens with zero attached hydrogens (tertiary/aromatic N) is 20. The Morgan fingerprint density at radius 1 is 0.342 bits per heavy atom. The molecule has 34 nitrogen and oxygen atoms in total. The summed E-state index contributed by atoms with van der Waals surface area (Å²) in [5.41, 5.74) is 37.7. The Bertz CT molecular complexity index is 4590. The second-order valence-electron chi connectivity index (χ2n) is 30.1. The van der Waals surface area contributed by atoms with E-state index in [1.807, 2.05) is 81.9 Å². The minimum absolute atomic E-state index is 0.00741. The van der Waals surface area contributed by atoms with Gasteiger partial charge in [0.1, 0.15) is 50.4 Å². The van der Waals surface area contributed by atoms with Gasteiger partial charge in [0.25, 0.3) is 0 Å². The maximum atomic E-state index is 13.0. The van der Waals surface area contributed by atoms with E-state index in [0.29, 0.717) is 115 Å². The van der Waals surface area contributed by atoms with Crippen molar-refractivity contribution in [2.24, 2.45) is 23.7 Å². The zero-order valence-corrected chi connectivity index (χ0v) is 71.4. The van der Waals surface area contributed by atoms with Gasteiger partial charge in [-0.3, -0.25) is 39.1 Å². The third kappa shape index (κ3) is 19.0. The van der Waals surface area contributed by atoms with Crippen molar-refractivity contribution in [3.8, 4) is 34.8 Å². The maximum absolute atomic E-state index is 13.0. The Hall–Kier alpha value is -11.5. The lowest BCUT2D eigenvalue weighted by Crippen LogP contribution is -2.48. The highest BCUT2D eigenvalue weighted by molar-refractivity contribution is 9.10. The average Bonchev–Trinajstić information content (AvgIpc) is 0.775. The van der Waals surface area contributed by atoms with Crippen LogP contribution in [0.1, 0.15) is 128 Å². The first-order valence-electron chi connectivity index (χ1n) is 37.6. The predicted octanol–water partition coefficient (Wildman–Crippen LogP) is 9.44. The van der Waals surface area contributed by atoms with Gasteiger partial charge in [0, 0.05) is 95.5 Å². The number of rotatable bonds is 22. The summed E-state index contributed by atoms with van der Waals surface area (Å²) >= 11 is 3.46. The predicted molar refractivity (Wildman–Crippen MR) is 445 cm³/mol. The second-order valence-corrected chi connectivity index (χ2v) is 30.9. The molecule has 12 heterocycles. The molecule has 4 aliphatic rings. The second kappa shape index (κ2) is 37.0. The fraction of sp³-hybridized carbons (Fsp3) is 0.494. The van der Waals surface area contributed by atoms with Gasteiger partial charge in [-0.2, -0.15) is 29.9 Å². The number of methoxy groups -OCH3 is 6. The molecule has 0 fully saturated rings. The fourth-order valence-corrected chi connectivity index (χ4v) is 14.8. The van der Waals surface area contributed by atoms with Crippen LogP contribution in [0.15, 0.2) is 29.4 Å². The number of aryl methyl sites for hydroxylation is 5. The summed E-state index contributed by atoms with van der Waals surface area (Å²) in [7, 11) is 9.60. The van der Waals surface area contributed by atoms with Crippen LogP contribution in [0.2, 0.25) is 0 Å². The first-order valence-corrected chi connectivity index (χ1v) is 38.3. The molecular formula is C79H109BrN24O10. The summed E-state index contributed by atoms with van der Waals surface area (Å²) < 4.78 is 33.4. The number of aromatic nitrogens is 12. The van der Waals surface area contributed by atoms with Crippen molar-refractivity contribution < 1.29 is 47.6 Å². The molecule has 114 heavy (non-hydrogen) atoms. The SMILES string of the molecule is COc1c(C)cnc(CN2CC(=O)N(CC(C)C)c3c(Br)nc(N)nc32)c1C.COc1c(C)cnc(CN2CC(=O)N(CC(C)C)c3c(C)nc(N)nc32)c1C.COc1nc(N)nc2c1N(CC(C)C)C(=O)CN2Cc1ncc(C)c(OC)c1C.COc1nc(N)nc2c1N(CC(C)C)C(=O)CN2Cc1ncc(C)c(OC)c1C. The van der Waals surface area contributed by atoms with Gasteiger partial charge in [0.2, 0.25) is 59.2 Å². The van der Waals surface area contributed by atoms with Crippen molar-refractivity contribution in [2.45, 2.75) is 144 Å². The van der Waals surface area contributed by atoms with Crippen molar-refractivity contribution in [3.63, 3.8) is 0 Å². The Morgan fingerprint density at radius 3 is 0.842 bits per heavy atom. The Labute approximate surface area is 675 Å². The van der Waals surface area contributed by atoms with Crippen molar-refractivity contribution in [3.05, 3.63) is 102 Å². The van der Waals surface area contributed by atoms with Crippen LogP contribution in [0.25, 0.3) is 0 Å². The number of ether oxygens (including phenoxy) is 6. The van der Waals surface area contributed by atoms with E-state index in [0.717, 1.165) is 96.0 Å². The molecular weight excluding hydrogens is 1520 g/mol. The molecule has 35 heteroatoms. The highest BCUT2D eigenvalue weighted by Gasteiger charge is 2.40. The van der Waals surface area contributed by atoms with Crippen molar-refractivity contribution in [2.75, 3.05) is 157 Å². The Kier molecular flexibility index (Phi) is 28.0. The van der Waals surface area contributed by atoms with Crippen LogP contribution in [0.3, 0.4) is 0 Å². The van der Waals surface area contributed by atoms with Gasteiger partial charge in [-0.05, 0) is 102 Å². The third-order valence-electron chi connectivity index (χ3n) is 19.3. The normalized spacial score (nSPS) is 13.8. The first kappa shape index (κ1) is 86.5. The van der Waals surface area contributed by atoms with Gasteiger partial charge in [-0.15, -0.1) is 0 Å². The number of halogens is 1. The molecule has 612 valence electrons. The molecule has 0 bridgehead atoms. The van der Waals surface area contributed by atoms with E-state index in [2.05, 4.69) is 131 Å². The summed E-state index contributed by atoms with van der Waals surface area (Å²) in [6.45, 7) is 38.7. The monoisotopic (exact) mass is 1630 g/mol. The van der Waals surface area contributed by atoms with E-state index in [9.17, 15) is 19.2 Å². The zero-order valence-electron chi connectivity index (χ0n) is 69.8. The summed E-state index contributed by atoms with van der Waals surface area (Å²) in [4.78, 5) is 119. The van der Waals surface area contributed by atoms with Gasteiger partial charge in [-0.1, -0.05) is 55.4 Å². The number of anilines is 12. The fourth-order valence-electron chi connectivity index (χ4n) is 14.3. The lowest BCUT2D eigenvalue weighted by Gasteiger charge is -2.37. The quantitative estimate of drug-likeness (QED) is 0.0459. The minimum atomic E-state index is -0.0467. The van der Waals surface area contributed by atoms with Crippen LogP contribution in [0.5, 0.6) is 34.8 Å². The van der Waals surface area contributed by atoms with E-state index in [1.54, 1.807) is 72.8 Å². The van der Waals surface area contributed by atoms with Crippen LogP contribution in [-0.2, 0) is 45.4 Å². The van der Waals surface area contributed by atoms with Crippen molar-refractivity contribution >= 4 is 109 Å². The van der Waals surface area contributed by atoms with Gasteiger partial charge in [-0.25, -0.2) is 9.97 Å². The molecule has 8 aromatic heterocycles. The molecule has 0 spiro atoms. The molecule has 0 saturated heterocycles. The molecule has 8 aromatic rings. The van der Waals surface area contributed by atoms with Crippen molar-refractivity contribution in [1.29, 1.82) is 0 Å². The lowest BCUT2D eigenvalue weighted by atomic mass is 10.1.